The zero-order valence-corrected chi connectivity index (χ0v) is 10.2. The second-order valence-electron chi connectivity index (χ2n) is 4.15. The van der Waals surface area contributed by atoms with E-state index in [2.05, 4.69) is 11.8 Å². The van der Waals surface area contributed by atoms with Gasteiger partial charge in [0.15, 0.2) is 0 Å². The van der Waals surface area contributed by atoms with Crippen LogP contribution >= 0.6 is 11.6 Å². The number of anilines is 2. The predicted octanol–water partition coefficient (Wildman–Crippen LogP) is 2.54. The summed E-state index contributed by atoms with van der Waals surface area (Å²) >= 11 is 6.03. The molecule has 1 aromatic carbocycles. The predicted molar refractivity (Wildman–Crippen MR) is 68.1 cm³/mol. The monoisotopic (exact) mass is 240 g/mol. The Labute approximate surface area is 101 Å². The van der Waals surface area contributed by atoms with Gasteiger partial charge in [0.1, 0.15) is 0 Å². The number of nitrogen functional groups attached to an aromatic ring is 1. The van der Waals surface area contributed by atoms with Crippen LogP contribution in [0, 0.1) is 0 Å². The van der Waals surface area contributed by atoms with Crippen LogP contribution in [0.2, 0.25) is 5.02 Å². The molecule has 1 aliphatic rings. The van der Waals surface area contributed by atoms with Gasteiger partial charge in [-0.25, -0.2) is 0 Å². The Kier molecular flexibility index (Phi) is 3.56. The average molecular weight is 241 g/mol. The normalized spacial score (nSPS) is 21.9. The Morgan fingerprint density at radius 3 is 3.12 bits per heavy atom. The Morgan fingerprint density at radius 2 is 2.31 bits per heavy atom. The van der Waals surface area contributed by atoms with Crippen LogP contribution in [-0.4, -0.2) is 25.8 Å². The van der Waals surface area contributed by atoms with Gasteiger partial charge in [-0.1, -0.05) is 17.7 Å². The number of benzene rings is 1. The summed E-state index contributed by atoms with van der Waals surface area (Å²) < 4.78 is 5.61. The smallest absolute Gasteiger partial charge is 0.0741 e. The SMILES string of the molecule is CC1CN(c2cccc(Cl)c2N)CCCO1. The van der Waals surface area contributed by atoms with Crippen molar-refractivity contribution < 1.29 is 4.74 Å². The number of nitrogens with two attached hydrogens (primary N) is 1. The van der Waals surface area contributed by atoms with Crippen molar-refractivity contribution in [2.24, 2.45) is 0 Å². The van der Waals surface area contributed by atoms with Crippen molar-refractivity contribution in [2.45, 2.75) is 19.4 Å². The number of rotatable bonds is 1. The highest BCUT2D eigenvalue weighted by molar-refractivity contribution is 6.33. The second-order valence-corrected chi connectivity index (χ2v) is 4.56. The zero-order chi connectivity index (χ0) is 11.5. The maximum Gasteiger partial charge on any atom is 0.0741 e. The number of hydrogen-bond acceptors (Lipinski definition) is 3. The van der Waals surface area contributed by atoms with Crippen molar-refractivity contribution >= 4 is 23.0 Å². The van der Waals surface area contributed by atoms with Crippen LogP contribution in [0.15, 0.2) is 18.2 Å². The fraction of sp³-hybridized carbons (Fsp3) is 0.500. The van der Waals surface area contributed by atoms with E-state index >= 15 is 0 Å². The highest BCUT2D eigenvalue weighted by Crippen LogP contribution is 2.30. The van der Waals surface area contributed by atoms with E-state index in [0.717, 1.165) is 31.8 Å². The summed E-state index contributed by atoms with van der Waals surface area (Å²) in [6.07, 6.45) is 1.26. The minimum Gasteiger partial charge on any atom is -0.396 e. The molecular formula is C12H17ClN2O. The van der Waals surface area contributed by atoms with Gasteiger partial charge in [0.2, 0.25) is 0 Å². The molecular weight excluding hydrogens is 224 g/mol. The molecule has 4 heteroatoms. The first-order chi connectivity index (χ1) is 7.68. The van der Waals surface area contributed by atoms with E-state index in [1.807, 2.05) is 18.2 Å². The molecule has 2 rings (SSSR count). The molecule has 3 nitrogen and oxygen atoms in total. The van der Waals surface area contributed by atoms with Gasteiger partial charge in [0, 0.05) is 19.7 Å². The van der Waals surface area contributed by atoms with Gasteiger partial charge in [-0.15, -0.1) is 0 Å². The molecule has 88 valence electrons. The van der Waals surface area contributed by atoms with E-state index in [1.54, 1.807) is 0 Å². The molecule has 0 radical (unpaired) electrons. The molecule has 1 saturated heterocycles. The third-order valence-electron chi connectivity index (χ3n) is 2.82. The van der Waals surface area contributed by atoms with Crippen LogP contribution in [0.25, 0.3) is 0 Å². The van der Waals surface area contributed by atoms with E-state index in [1.165, 1.54) is 0 Å². The number of nitrogens with zero attached hydrogens (tertiary/aromatic N) is 1. The largest absolute Gasteiger partial charge is 0.396 e. The van der Waals surface area contributed by atoms with Crippen molar-refractivity contribution in [2.75, 3.05) is 30.3 Å². The topological polar surface area (TPSA) is 38.5 Å². The summed E-state index contributed by atoms with van der Waals surface area (Å²) in [7, 11) is 0. The molecule has 0 aliphatic carbocycles. The number of hydrogen-bond donors (Lipinski definition) is 1. The number of ether oxygens (including phenoxy) is 1. The van der Waals surface area contributed by atoms with Gasteiger partial charge in [-0.2, -0.15) is 0 Å². The average Bonchev–Trinajstić information content (AvgIpc) is 2.47. The standard InChI is InChI=1S/C12H17ClN2O/c1-9-8-15(6-3-7-16-9)11-5-2-4-10(13)12(11)14/h2,4-5,9H,3,6-8,14H2,1H3. The Balaban J connectivity index is 2.24. The van der Waals surface area contributed by atoms with Gasteiger partial charge < -0.3 is 15.4 Å². The summed E-state index contributed by atoms with van der Waals surface area (Å²) in [4.78, 5) is 2.25. The first-order valence-electron chi connectivity index (χ1n) is 5.59. The molecule has 16 heavy (non-hydrogen) atoms. The van der Waals surface area contributed by atoms with Crippen LogP contribution in [0.3, 0.4) is 0 Å². The minimum absolute atomic E-state index is 0.237. The van der Waals surface area contributed by atoms with E-state index in [9.17, 15) is 0 Å². The molecule has 1 heterocycles. The zero-order valence-electron chi connectivity index (χ0n) is 9.45. The summed E-state index contributed by atoms with van der Waals surface area (Å²) in [5.74, 6) is 0. The lowest BCUT2D eigenvalue weighted by Gasteiger charge is -2.26. The summed E-state index contributed by atoms with van der Waals surface area (Å²) in [6, 6.07) is 5.77. The summed E-state index contributed by atoms with van der Waals surface area (Å²) in [6.45, 7) is 4.73. The van der Waals surface area contributed by atoms with Gasteiger partial charge in [0.05, 0.1) is 22.5 Å². The van der Waals surface area contributed by atoms with E-state index in [-0.39, 0.29) is 6.10 Å². The first kappa shape index (κ1) is 11.6. The third kappa shape index (κ3) is 2.42. The van der Waals surface area contributed by atoms with E-state index in [0.29, 0.717) is 10.7 Å². The Morgan fingerprint density at radius 1 is 1.50 bits per heavy atom. The molecule has 0 spiro atoms. The summed E-state index contributed by atoms with van der Waals surface area (Å²) in [5.41, 5.74) is 7.68. The van der Waals surface area contributed by atoms with Crippen molar-refractivity contribution in [3.8, 4) is 0 Å². The minimum atomic E-state index is 0.237. The van der Waals surface area contributed by atoms with Crippen LogP contribution in [0.4, 0.5) is 11.4 Å². The van der Waals surface area contributed by atoms with Crippen molar-refractivity contribution in [3.05, 3.63) is 23.2 Å². The lowest BCUT2D eigenvalue weighted by atomic mass is 10.2. The lowest BCUT2D eigenvalue weighted by molar-refractivity contribution is 0.0821. The van der Waals surface area contributed by atoms with Crippen molar-refractivity contribution in [3.63, 3.8) is 0 Å². The van der Waals surface area contributed by atoms with E-state index < -0.39 is 0 Å². The molecule has 1 aromatic rings. The quantitative estimate of drug-likeness (QED) is 0.767. The Hall–Kier alpha value is -0.930. The fourth-order valence-corrected chi connectivity index (χ4v) is 2.18. The molecule has 1 fully saturated rings. The second kappa shape index (κ2) is 4.93. The van der Waals surface area contributed by atoms with Gasteiger partial charge >= 0.3 is 0 Å². The Bertz CT molecular complexity index is 370. The highest BCUT2D eigenvalue weighted by Gasteiger charge is 2.17. The molecule has 1 aliphatic heterocycles. The van der Waals surface area contributed by atoms with Gasteiger partial charge in [-0.3, -0.25) is 0 Å². The van der Waals surface area contributed by atoms with Gasteiger partial charge in [0.25, 0.3) is 0 Å². The molecule has 0 amide bonds. The molecule has 0 aromatic heterocycles. The summed E-state index contributed by atoms with van der Waals surface area (Å²) in [5, 5.41) is 0.621. The maximum absolute atomic E-state index is 6.03. The number of para-hydroxylation sites is 1. The maximum atomic E-state index is 6.03. The first-order valence-corrected chi connectivity index (χ1v) is 5.97. The fourth-order valence-electron chi connectivity index (χ4n) is 2.01. The van der Waals surface area contributed by atoms with Crippen LogP contribution in [-0.2, 0) is 4.74 Å². The van der Waals surface area contributed by atoms with Crippen molar-refractivity contribution in [1.29, 1.82) is 0 Å². The van der Waals surface area contributed by atoms with Crippen LogP contribution in [0.5, 0.6) is 0 Å². The highest BCUT2D eigenvalue weighted by atomic mass is 35.5. The third-order valence-corrected chi connectivity index (χ3v) is 3.15. The van der Waals surface area contributed by atoms with Crippen molar-refractivity contribution in [1.82, 2.24) is 0 Å². The van der Waals surface area contributed by atoms with Crippen LogP contribution in [0.1, 0.15) is 13.3 Å². The lowest BCUT2D eigenvalue weighted by Crippen LogP contribution is -2.30. The number of halogens is 1. The van der Waals surface area contributed by atoms with E-state index in [4.69, 9.17) is 22.1 Å². The molecule has 0 bridgehead atoms. The van der Waals surface area contributed by atoms with Gasteiger partial charge in [-0.05, 0) is 25.5 Å². The molecule has 0 saturated carbocycles. The molecule has 1 atom stereocenters. The molecule has 1 unspecified atom stereocenters. The molecule has 2 N–H and O–H groups in total. The van der Waals surface area contributed by atoms with Crippen LogP contribution < -0.4 is 10.6 Å².